The number of nitrogens with two attached hydrogens (primary N) is 1. The van der Waals surface area contributed by atoms with E-state index in [0.717, 1.165) is 25.1 Å². The Morgan fingerprint density at radius 3 is 2.95 bits per heavy atom. The van der Waals surface area contributed by atoms with Crippen molar-refractivity contribution in [2.75, 3.05) is 6.61 Å². The van der Waals surface area contributed by atoms with Crippen LogP contribution in [0.5, 0.6) is 0 Å². The van der Waals surface area contributed by atoms with Crippen LogP contribution in [-0.2, 0) is 4.74 Å². The van der Waals surface area contributed by atoms with Crippen LogP contribution < -0.4 is 5.73 Å². The summed E-state index contributed by atoms with van der Waals surface area (Å²) in [5.41, 5.74) is 8.90. The average Bonchev–Trinajstić information content (AvgIpc) is 2.86. The lowest BCUT2D eigenvalue weighted by Crippen LogP contribution is -2.40. The number of hydrogen-bond donors (Lipinski definition) is 1. The number of ether oxygens (including phenoxy) is 1. The molecule has 104 valence electrons. The molecule has 1 saturated carbocycles. The summed E-state index contributed by atoms with van der Waals surface area (Å²) >= 11 is 0. The van der Waals surface area contributed by atoms with Crippen molar-refractivity contribution in [3.8, 4) is 0 Å². The van der Waals surface area contributed by atoms with Crippen molar-refractivity contribution in [1.82, 2.24) is 4.98 Å². The molecule has 1 aliphatic carbocycles. The van der Waals surface area contributed by atoms with Gasteiger partial charge in [-0.1, -0.05) is 12.8 Å². The molecule has 3 heteroatoms. The standard InChI is InChI=1S/C16H24N2O/c1-12-4-8-18-14(10-12)15(17)13-5-9-19-16(11-13)6-2-3-7-16/h4,8,10,13,15H,2-3,5-7,9,11,17H2,1H3. The van der Waals surface area contributed by atoms with E-state index in [0.29, 0.717) is 5.92 Å². The number of aryl methyl sites for hydroxylation is 1. The van der Waals surface area contributed by atoms with Crippen LogP contribution in [0.4, 0.5) is 0 Å². The third kappa shape index (κ3) is 2.67. The van der Waals surface area contributed by atoms with Gasteiger partial charge in [-0.05, 0) is 56.2 Å². The van der Waals surface area contributed by atoms with Gasteiger partial charge < -0.3 is 10.5 Å². The van der Waals surface area contributed by atoms with Crippen LogP contribution in [0.1, 0.15) is 55.8 Å². The number of pyridine rings is 1. The summed E-state index contributed by atoms with van der Waals surface area (Å²) in [6.45, 7) is 2.96. The molecular formula is C16H24N2O. The van der Waals surface area contributed by atoms with Crippen LogP contribution in [0.2, 0.25) is 0 Å². The molecule has 2 N–H and O–H groups in total. The summed E-state index contributed by atoms with van der Waals surface area (Å²) in [7, 11) is 0. The van der Waals surface area contributed by atoms with Gasteiger partial charge in [0.25, 0.3) is 0 Å². The van der Waals surface area contributed by atoms with Crippen molar-refractivity contribution in [3.63, 3.8) is 0 Å². The maximum Gasteiger partial charge on any atom is 0.0686 e. The second-order valence-electron chi connectivity index (χ2n) is 6.28. The maximum absolute atomic E-state index is 6.47. The molecule has 2 aliphatic rings. The predicted octanol–water partition coefficient (Wildman–Crippen LogP) is 3.13. The Labute approximate surface area is 115 Å². The van der Waals surface area contributed by atoms with E-state index in [2.05, 4.69) is 18.0 Å². The average molecular weight is 260 g/mol. The van der Waals surface area contributed by atoms with E-state index in [-0.39, 0.29) is 11.6 Å². The summed E-state index contributed by atoms with van der Waals surface area (Å²) in [4.78, 5) is 4.46. The minimum Gasteiger partial charge on any atom is -0.375 e. The first-order valence-corrected chi connectivity index (χ1v) is 7.51. The molecular weight excluding hydrogens is 236 g/mol. The number of hydrogen-bond acceptors (Lipinski definition) is 3. The third-order valence-electron chi connectivity index (χ3n) is 4.83. The Bertz CT molecular complexity index is 440. The van der Waals surface area contributed by atoms with Crippen LogP contribution in [0.25, 0.3) is 0 Å². The highest BCUT2D eigenvalue weighted by molar-refractivity contribution is 5.18. The van der Waals surface area contributed by atoms with Crippen LogP contribution in [0, 0.1) is 12.8 Å². The molecule has 2 atom stereocenters. The highest BCUT2D eigenvalue weighted by Crippen LogP contribution is 2.44. The van der Waals surface area contributed by atoms with Crippen LogP contribution in [0.3, 0.4) is 0 Å². The van der Waals surface area contributed by atoms with E-state index in [4.69, 9.17) is 10.5 Å². The second-order valence-corrected chi connectivity index (χ2v) is 6.28. The Morgan fingerprint density at radius 1 is 1.42 bits per heavy atom. The Kier molecular flexibility index (Phi) is 3.59. The van der Waals surface area contributed by atoms with E-state index >= 15 is 0 Å². The SMILES string of the molecule is Cc1ccnc(C(N)C2CCOC3(CCCC3)C2)c1. The predicted molar refractivity (Wildman–Crippen MR) is 75.8 cm³/mol. The van der Waals surface area contributed by atoms with Gasteiger partial charge in [-0.25, -0.2) is 0 Å². The van der Waals surface area contributed by atoms with Gasteiger partial charge in [0.15, 0.2) is 0 Å². The zero-order valence-electron chi connectivity index (χ0n) is 11.8. The molecule has 1 saturated heterocycles. The summed E-state index contributed by atoms with van der Waals surface area (Å²) < 4.78 is 6.09. The minimum absolute atomic E-state index is 0.0567. The monoisotopic (exact) mass is 260 g/mol. The zero-order chi connectivity index (χ0) is 13.3. The summed E-state index contributed by atoms with van der Waals surface area (Å²) in [5.74, 6) is 0.515. The molecule has 2 fully saturated rings. The van der Waals surface area contributed by atoms with Gasteiger partial charge in [-0.15, -0.1) is 0 Å². The molecule has 0 bridgehead atoms. The first-order chi connectivity index (χ1) is 9.19. The molecule has 0 radical (unpaired) electrons. The zero-order valence-corrected chi connectivity index (χ0v) is 11.8. The van der Waals surface area contributed by atoms with Gasteiger partial charge >= 0.3 is 0 Å². The van der Waals surface area contributed by atoms with Crippen molar-refractivity contribution in [2.45, 2.75) is 57.1 Å². The lowest BCUT2D eigenvalue weighted by molar-refractivity contribution is -0.0965. The molecule has 0 aromatic carbocycles. The maximum atomic E-state index is 6.47. The van der Waals surface area contributed by atoms with E-state index in [9.17, 15) is 0 Å². The van der Waals surface area contributed by atoms with Crippen molar-refractivity contribution in [2.24, 2.45) is 11.7 Å². The molecule has 0 amide bonds. The molecule has 19 heavy (non-hydrogen) atoms. The molecule has 3 nitrogen and oxygen atoms in total. The van der Waals surface area contributed by atoms with Crippen LogP contribution >= 0.6 is 0 Å². The normalized spacial score (nSPS) is 27.6. The topological polar surface area (TPSA) is 48.1 Å². The van der Waals surface area contributed by atoms with Gasteiger partial charge in [-0.3, -0.25) is 4.98 Å². The van der Waals surface area contributed by atoms with Gasteiger partial charge in [0.2, 0.25) is 0 Å². The lowest BCUT2D eigenvalue weighted by Gasteiger charge is -2.40. The molecule has 1 aromatic rings. The summed E-state index contributed by atoms with van der Waals surface area (Å²) in [6.07, 6.45) is 9.11. The van der Waals surface area contributed by atoms with Crippen molar-refractivity contribution in [1.29, 1.82) is 0 Å². The number of aromatic nitrogens is 1. The fraction of sp³-hybridized carbons (Fsp3) is 0.688. The van der Waals surface area contributed by atoms with Gasteiger partial charge in [0.05, 0.1) is 17.3 Å². The summed E-state index contributed by atoms with van der Waals surface area (Å²) in [5, 5.41) is 0. The fourth-order valence-electron chi connectivity index (χ4n) is 3.72. The molecule has 3 rings (SSSR count). The minimum atomic E-state index is 0.0567. The van der Waals surface area contributed by atoms with E-state index in [1.54, 1.807) is 0 Å². The number of rotatable bonds is 2. The van der Waals surface area contributed by atoms with Gasteiger partial charge in [0.1, 0.15) is 0 Å². The van der Waals surface area contributed by atoms with Crippen molar-refractivity contribution >= 4 is 0 Å². The largest absolute Gasteiger partial charge is 0.375 e. The highest BCUT2D eigenvalue weighted by Gasteiger charge is 2.41. The molecule has 2 unspecified atom stereocenters. The van der Waals surface area contributed by atoms with E-state index in [1.165, 1.54) is 31.2 Å². The Hall–Kier alpha value is -0.930. The van der Waals surface area contributed by atoms with Crippen molar-refractivity contribution < 1.29 is 4.74 Å². The number of nitrogens with zero attached hydrogens (tertiary/aromatic N) is 1. The smallest absolute Gasteiger partial charge is 0.0686 e. The highest BCUT2D eigenvalue weighted by atomic mass is 16.5. The molecule has 1 aromatic heterocycles. The lowest BCUT2D eigenvalue weighted by atomic mass is 9.80. The van der Waals surface area contributed by atoms with E-state index < -0.39 is 0 Å². The van der Waals surface area contributed by atoms with Crippen molar-refractivity contribution in [3.05, 3.63) is 29.6 Å². The molecule has 2 heterocycles. The van der Waals surface area contributed by atoms with Gasteiger partial charge in [-0.2, -0.15) is 0 Å². The van der Waals surface area contributed by atoms with E-state index in [1.807, 2.05) is 12.3 Å². The first-order valence-electron chi connectivity index (χ1n) is 7.51. The fourth-order valence-corrected chi connectivity index (χ4v) is 3.72. The Morgan fingerprint density at radius 2 is 2.21 bits per heavy atom. The third-order valence-corrected chi connectivity index (χ3v) is 4.83. The second kappa shape index (κ2) is 5.22. The molecule has 1 aliphatic heterocycles. The quantitative estimate of drug-likeness (QED) is 0.888. The summed E-state index contributed by atoms with van der Waals surface area (Å²) in [6, 6.07) is 4.21. The molecule has 1 spiro atoms. The Balaban J connectivity index is 1.74. The van der Waals surface area contributed by atoms with Crippen LogP contribution in [0.15, 0.2) is 18.3 Å². The first kappa shape index (κ1) is 13.1. The van der Waals surface area contributed by atoms with Gasteiger partial charge in [0, 0.05) is 12.8 Å². The van der Waals surface area contributed by atoms with Crippen LogP contribution in [-0.4, -0.2) is 17.2 Å².